The molecule has 0 fully saturated rings. The van der Waals surface area contributed by atoms with Gasteiger partial charge in [0, 0.05) is 41.8 Å². The second-order valence-electron chi connectivity index (χ2n) is 9.96. The second kappa shape index (κ2) is 7.84. The third-order valence-corrected chi connectivity index (χ3v) is 5.57. The average molecular weight is 441 g/mol. The van der Waals surface area contributed by atoms with Gasteiger partial charge in [-0.2, -0.15) is 0 Å². The number of ether oxygens (including phenoxy) is 2. The molecule has 0 radical (unpaired) electrons. The Kier molecular flexibility index (Phi) is 5.43. The van der Waals surface area contributed by atoms with Gasteiger partial charge in [-0.1, -0.05) is 0 Å². The molecule has 0 saturated carbocycles. The average Bonchev–Trinajstić information content (AvgIpc) is 3.25. The van der Waals surface area contributed by atoms with E-state index in [4.69, 9.17) is 9.47 Å². The zero-order valence-corrected chi connectivity index (χ0v) is 19.5. The predicted molar refractivity (Wildman–Crippen MR) is 125 cm³/mol. The standard InChI is InChI=1S/C26H30F2N2O2/c1-25(2,3)32-23-13-17-11-18(30(6)22(17)15-20(23)27)7-9-26(4,5)31-19-12-16-8-10-29-24(16)21(28)14-19/h8,10-15,29H,7,9H2,1-6H3. The van der Waals surface area contributed by atoms with Crippen molar-refractivity contribution in [1.29, 1.82) is 0 Å². The van der Waals surface area contributed by atoms with E-state index in [0.29, 0.717) is 17.7 Å². The number of aryl methyl sites for hydroxylation is 2. The number of nitrogens with one attached hydrogen (secondary N) is 1. The van der Waals surface area contributed by atoms with Crippen LogP contribution < -0.4 is 9.47 Å². The van der Waals surface area contributed by atoms with Gasteiger partial charge in [0.15, 0.2) is 17.4 Å². The topological polar surface area (TPSA) is 39.2 Å². The normalized spacial score (nSPS) is 12.6. The molecule has 0 bridgehead atoms. The van der Waals surface area contributed by atoms with Crippen molar-refractivity contribution < 1.29 is 18.3 Å². The van der Waals surface area contributed by atoms with Crippen molar-refractivity contribution in [3.63, 3.8) is 0 Å². The second-order valence-corrected chi connectivity index (χ2v) is 9.96. The highest BCUT2D eigenvalue weighted by Gasteiger charge is 2.23. The van der Waals surface area contributed by atoms with Gasteiger partial charge in [-0.05, 0) is 71.7 Å². The first kappa shape index (κ1) is 22.2. The highest BCUT2D eigenvalue weighted by atomic mass is 19.1. The van der Waals surface area contributed by atoms with E-state index in [1.54, 1.807) is 12.3 Å². The van der Waals surface area contributed by atoms with E-state index in [1.807, 2.05) is 58.4 Å². The molecule has 6 heteroatoms. The lowest BCUT2D eigenvalue weighted by Crippen LogP contribution is -2.29. The van der Waals surface area contributed by atoms with Crippen LogP contribution in [0.3, 0.4) is 0 Å². The summed E-state index contributed by atoms with van der Waals surface area (Å²) in [5, 5.41) is 1.71. The summed E-state index contributed by atoms with van der Waals surface area (Å²) in [5.74, 6) is 0.0592. The molecule has 0 amide bonds. The quantitative estimate of drug-likeness (QED) is 0.354. The predicted octanol–water partition coefficient (Wildman–Crippen LogP) is 6.91. The van der Waals surface area contributed by atoms with Crippen LogP contribution in [0.5, 0.6) is 11.5 Å². The molecule has 0 unspecified atom stereocenters. The summed E-state index contributed by atoms with van der Waals surface area (Å²) < 4.78 is 42.8. The van der Waals surface area contributed by atoms with Gasteiger partial charge < -0.3 is 19.0 Å². The van der Waals surface area contributed by atoms with Crippen molar-refractivity contribution in [1.82, 2.24) is 9.55 Å². The maximum atomic E-state index is 14.6. The van der Waals surface area contributed by atoms with Crippen LogP contribution in [0.4, 0.5) is 8.78 Å². The van der Waals surface area contributed by atoms with E-state index in [0.717, 1.165) is 28.4 Å². The highest BCUT2D eigenvalue weighted by molar-refractivity contribution is 5.83. The maximum Gasteiger partial charge on any atom is 0.167 e. The van der Waals surface area contributed by atoms with Gasteiger partial charge in [-0.3, -0.25) is 0 Å². The van der Waals surface area contributed by atoms with E-state index in [2.05, 4.69) is 11.1 Å². The number of aromatic amines is 1. The molecule has 4 nitrogen and oxygen atoms in total. The number of rotatable bonds is 6. The number of benzene rings is 2. The lowest BCUT2D eigenvalue weighted by molar-refractivity contribution is 0.0991. The number of fused-ring (bicyclic) bond motifs is 2. The summed E-state index contributed by atoms with van der Waals surface area (Å²) >= 11 is 0. The van der Waals surface area contributed by atoms with Crippen molar-refractivity contribution in [2.45, 2.75) is 58.7 Å². The summed E-state index contributed by atoms with van der Waals surface area (Å²) in [6.45, 7) is 9.67. The molecule has 0 atom stereocenters. The van der Waals surface area contributed by atoms with E-state index in [-0.39, 0.29) is 17.4 Å². The molecule has 2 heterocycles. The monoisotopic (exact) mass is 440 g/mol. The molecule has 2 aromatic heterocycles. The molecule has 0 aliphatic rings. The minimum Gasteiger partial charge on any atom is -0.488 e. The SMILES string of the molecule is Cn1c(CCC(C)(C)Oc2cc(F)c3[nH]ccc3c2)cc2cc(OC(C)(C)C)c(F)cc21. The molecule has 0 spiro atoms. The van der Waals surface area contributed by atoms with Crippen LogP contribution in [0, 0.1) is 11.6 Å². The molecule has 170 valence electrons. The van der Waals surface area contributed by atoms with Gasteiger partial charge >= 0.3 is 0 Å². The molecule has 4 rings (SSSR count). The number of nitrogens with zero attached hydrogens (tertiary/aromatic N) is 1. The third-order valence-electron chi connectivity index (χ3n) is 5.57. The number of hydrogen-bond donors (Lipinski definition) is 1. The summed E-state index contributed by atoms with van der Waals surface area (Å²) in [6.07, 6.45) is 3.14. The molecular formula is C26H30F2N2O2. The van der Waals surface area contributed by atoms with Crippen LogP contribution in [0.2, 0.25) is 0 Å². The Hall–Kier alpha value is -3.02. The fourth-order valence-electron chi connectivity index (χ4n) is 4.00. The van der Waals surface area contributed by atoms with E-state index >= 15 is 0 Å². The lowest BCUT2D eigenvalue weighted by atomic mass is 10.0. The Morgan fingerprint density at radius 3 is 2.38 bits per heavy atom. The van der Waals surface area contributed by atoms with Crippen molar-refractivity contribution in [3.05, 3.63) is 59.9 Å². The van der Waals surface area contributed by atoms with Gasteiger partial charge in [-0.15, -0.1) is 0 Å². The van der Waals surface area contributed by atoms with Crippen LogP contribution >= 0.6 is 0 Å². The minimum absolute atomic E-state index is 0.257. The number of hydrogen-bond acceptors (Lipinski definition) is 2. The van der Waals surface area contributed by atoms with Crippen molar-refractivity contribution in [3.8, 4) is 11.5 Å². The molecule has 32 heavy (non-hydrogen) atoms. The Bertz CT molecular complexity index is 1280. The summed E-state index contributed by atoms with van der Waals surface area (Å²) in [7, 11) is 1.93. The van der Waals surface area contributed by atoms with Crippen LogP contribution in [0.1, 0.15) is 46.7 Å². The molecule has 2 aromatic carbocycles. The molecule has 0 aliphatic carbocycles. The third kappa shape index (κ3) is 4.59. The Labute approximate surface area is 187 Å². The van der Waals surface area contributed by atoms with E-state index < -0.39 is 11.2 Å². The van der Waals surface area contributed by atoms with Crippen molar-refractivity contribution >= 4 is 21.8 Å². The van der Waals surface area contributed by atoms with Gasteiger partial charge in [0.05, 0.1) is 11.0 Å². The first-order valence-electron chi connectivity index (χ1n) is 10.8. The number of halogens is 2. The highest BCUT2D eigenvalue weighted by Crippen LogP contribution is 2.32. The smallest absolute Gasteiger partial charge is 0.167 e. The zero-order valence-electron chi connectivity index (χ0n) is 19.5. The molecule has 0 aliphatic heterocycles. The summed E-state index contributed by atoms with van der Waals surface area (Å²) in [6, 6.07) is 10.4. The molecule has 1 N–H and O–H groups in total. The van der Waals surface area contributed by atoms with Gasteiger partial charge in [0.2, 0.25) is 0 Å². The summed E-state index contributed by atoms with van der Waals surface area (Å²) in [5.41, 5.74) is 1.37. The van der Waals surface area contributed by atoms with Crippen LogP contribution in [0.25, 0.3) is 21.8 Å². The first-order valence-corrected chi connectivity index (χ1v) is 10.8. The number of H-pyrrole nitrogens is 1. The van der Waals surface area contributed by atoms with Crippen LogP contribution in [0.15, 0.2) is 42.6 Å². The minimum atomic E-state index is -0.515. The Morgan fingerprint density at radius 1 is 0.906 bits per heavy atom. The van der Waals surface area contributed by atoms with Gasteiger partial charge in [-0.25, -0.2) is 8.78 Å². The Morgan fingerprint density at radius 2 is 1.66 bits per heavy atom. The molecule has 4 aromatic rings. The largest absolute Gasteiger partial charge is 0.488 e. The number of aromatic nitrogens is 2. The first-order chi connectivity index (χ1) is 14.9. The Balaban J connectivity index is 1.52. The fourth-order valence-corrected chi connectivity index (χ4v) is 4.00. The van der Waals surface area contributed by atoms with E-state index in [1.165, 1.54) is 12.1 Å². The zero-order chi connectivity index (χ0) is 23.3. The van der Waals surface area contributed by atoms with E-state index in [9.17, 15) is 8.78 Å². The molecule has 0 saturated heterocycles. The van der Waals surface area contributed by atoms with Gasteiger partial charge in [0.1, 0.15) is 17.0 Å². The van der Waals surface area contributed by atoms with Crippen molar-refractivity contribution in [2.24, 2.45) is 7.05 Å². The lowest BCUT2D eigenvalue weighted by Gasteiger charge is -2.27. The van der Waals surface area contributed by atoms with Crippen LogP contribution in [-0.4, -0.2) is 20.8 Å². The molecular weight excluding hydrogens is 410 g/mol. The summed E-state index contributed by atoms with van der Waals surface area (Å²) in [4.78, 5) is 2.89. The fraction of sp³-hybridized carbons (Fsp3) is 0.385. The van der Waals surface area contributed by atoms with Crippen LogP contribution in [-0.2, 0) is 13.5 Å². The maximum absolute atomic E-state index is 14.6. The van der Waals surface area contributed by atoms with Gasteiger partial charge in [0.25, 0.3) is 0 Å². The van der Waals surface area contributed by atoms with Crippen molar-refractivity contribution in [2.75, 3.05) is 0 Å².